The summed E-state index contributed by atoms with van der Waals surface area (Å²) in [5.74, 6) is 0.145. The molecule has 0 radical (unpaired) electrons. The van der Waals surface area contributed by atoms with Crippen molar-refractivity contribution < 1.29 is 5.21 Å². The second kappa shape index (κ2) is 9.23. The van der Waals surface area contributed by atoms with E-state index in [1.165, 1.54) is 5.69 Å². The van der Waals surface area contributed by atoms with E-state index in [-0.39, 0.29) is 5.84 Å². The quantitative estimate of drug-likeness (QED) is 0.317. The van der Waals surface area contributed by atoms with Crippen molar-refractivity contribution in [2.45, 2.75) is 27.2 Å². The number of rotatable bonds is 9. The molecule has 0 aromatic heterocycles. The first kappa shape index (κ1) is 17.3. The average molecular weight is 292 g/mol. The summed E-state index contributed by atoms with van der Waals surface area (Å²) >= 11 is 0. The molecule has 1 aromatic carbocycles. The van der Waals surface area contributed by atoms with Crippen molar-refractivity contribution in [1.29, 1.82) is 0 Å². The third-order valence-electron chi connectivity index (χ3n) is 3.81. The van der Waals surface area contributed by atoms with E-state index in [2.05, 4.69) is 35.7 Å². The first-order valence-electron chi connectivity index (χ1n) is 7.71. The summed E-state index contributed by atoms with van der Waals surface area (Å²) in [5, 5.41) is 11.7. The zero-order valence-corrected chi connectivity index (χ0v) is 13.4. The third kappa shape index (κ3) is 5.27. The highest BCUT2D eigenvalue weighted by Gasteiger charge is 2.06. The van der Waals surface area contributed by atoms with Crippen LogP contribution < -0.4 is 10.6 Å². The van der Waals surface area contributed by atoms with E-state index < -0.39 is 0 Å². The van der Waals surface area contributed by atoms with E-state index in [1.807, 2.05) is 24.3 Å². The van der Waals surface area contributed by atoms with Gasteiger partial charge in [0.25, 0.3) is 0 Å². The first-order valence-corrected chi connectivity index (χ1v) is 7.71. The lowest BCUT2D eigenvalue weighted by atomic mass is 10.1. The van der Waals surface area contributed by atoms with Crippen molar-refractivity contribution in [2.24, 2.45) is 10.9 Å². The number of oxime groups is 1. The lowest BCUT2D eigenvalue weighted by Gasteiger charge is -2.25. The summed E-state index contributed by atoms with van der Waals surface area (Å²) < 4.78 is 0. The Morgan fingerprint density at radius 2 is 1.67 bits per heavy atom. The molecule has 5 nitrogen and oxygen atoms in total. The lowest BCUT2D eigenvalue weighted by molar-refractivity contribution is 0.301. The summed E-state index contributed by atoms with van der Waals surface area (Å²) in [5.41, 5.74) is 7.49. The molecule has 0 aliphatic carbocycles. The second-order valence-corrected chi connectivity index (χ2v) is 4.99. The minimum absolute atomic E-state index is 0.145. The monoisotopic (exact) mass is 292 g/mol. The summed E-state index contributed by atoms with van der Waals surface area (Å²) in [6.07, 6.45) is 1.15. The number of hydrogen-bond donors (Lipinski definition) is 2. The van der Waals surface area contributed by atoms with Gasteiger partial charge in [-0.3, -0.25) is 0 Å². The van der Waals surface area contributed by atoms with Crippen molar-refractivity contribution in [3.63, 3.8) is 0 Å². The Morgan fingerprint density at radius 1 is 1.05 bits per heavy atom. The molecule has 1 rings (SSSR count). The number of nitrogens with zero attached hydrogens (tertiary/aromatic N) is 3. The summed E-state index contributed by atoms with van der Waals surface area (Å²) in [4.78, 5) is 4.79. The Hall–Kier alpha value is -1.75. The fourth-order valence-corrected chi connectivity index (χ4v) is 2.40. The molecule has 21 heavy (non-hydrogen) atoms. The van der Waals surface area contributed by atoms with Crippen molar-refractivity contribution in [1.82, 2.24) is 4.90 Å². The van der Waals surface area contributed by atoms with Crippen LogP contribution in [-0.2, 0) is 0 Å². The minimum Gasteiger partial charge on any atom is -0.409 e. The van der Waals surface area contributed by atoms with Crippen LogP contribution in [0.2, 0.25) is 0 Å². The fraction of sp³-hybridized carbons (Fsp3) is 0.562. The van der Waals surface area contributed by atoms with Crippen LogP contribution in [0.4, 0.5) is 5.69 Å². The normalized spacial score (nSPS) is 11.9. The zero-order chi connectivity index (χ0) is 15.7. The SMILES string of the molecule is CCN(CC)CCCN(CC)c1ccc(/C(N)=N/O)cc1. The molecule has 3 N–H and O–H groups in total. The topological polar surface area (TPSA) is 65.1 Å². The van der Waals surface area contributed by atoms with E-state index in [4.69, 9.17) is 10.9 Å². The Balaban J connectivity index is 2.59. The van der Waals surface area contributed by atoms with Crippen LogP contribution in [0.1, 0.15) is 32.8 Å². The standard InChI is InChI=1S/C16H28N4O/c1-4-19(5-2)12-7-13-20(6-3)15-10-8-14(9-11-15)16(17)18-21/h8-11,21H,4-7,12-13H2,1-3H3,(H2,17,18). The molecular formula is C16H28N4O. The largest absolute Gasteiger partial charge is 0.409 e. The van der Waals surface area contributed by atoms with Crippen molar-refractivity contribution in [3.05, 3.63) is 29.8 Å². The van der Waals surface area contributed by atoms with Gasteiger partial charge in [0.15, 0.2) is 5.84 Å². The maximum Gasteiger partial charge on any atom is 0.170 e. The molecule has 0 fully saturated rings. The molecule has 0 bridgehead atoms. The zero-order valence-electron chi connectivity index (χ0n) is 13.4. The molecule has 0 aliphatic heterocycles. The van der Waals surface area contributed by atoms with Gasteiger partial charge in [0, 0.05) is 24.3 Å². The smallest absolute Gasteiger partial charge is 0.170 e. The van der Waals surface area contributed by atoms with Crippen LogP contribution in [0, 0.1) is 0 Å². The molecule has 0 unspecified atom stereocenters. The number of hydrogen-bond acceptors (Lipinski definition) is 4. The van der Waals surface area contributed by atoms with Crippen LogP contribution in [0.25, 0.3) is 0 Å². The van der Waals surface area contributed by atoms with Gasteiger partial charge in [0.2, 0.25) is 0 Å². The number of anilines is 1. The molecule has 0 amide bonds. The van der Waals surface area contributed by atoms with Crippen LogP contribution in [-0.4, -0.2) is 48.7 Å². The molecular weight excluding hydrogens is 264 g/mol. The highest BCUT2D eigenvalue weighted by molar-refractivity contribution is 5.97. The predicted octanol–water partition coefficient (Wildman–Crippen LogP) is 2.34. The molecule has 0 saturated carbocycles. The second-order valence-electron chi connectivity index (χ2n) is 4.99. The number of amidine groups is 1. The first-order chi connectivity index (χ1) is 10.2. The third-order valence-corrected chi connectivity index (χ3v) is 3.81. The van der Waals surface area contributed by atoms with Gasteiger partial charge < -0.3 is 20.7 Å². The van der Waals surface area contributed by atoms with Gasteiger partial charge in [-0.1, -0.05) is 19.0 Å². The van der Waals surface area contributed by atoms with E-state index in [0.29, 0.717) is 0 Å². The maximum absolute atomic E-state index is 8.68. The van der Waals surface area contributed by atoms with Crippen molar-refractivity contribution in [2.75, 3.05) is 37.6 Å². The molecule has 0 heterocycles. The van der Waals surface area contributed by atoms with Gasteiger partial charge >= 0.3 is 0 Å². The Labute approximate surface area is 128 Å². The van der Waals surface area contributed by atoms with Crippen molar-refractivity contribution in [3.8, 4) is 0 Å². The molecule has 118 valence electrons. The van der Waals surface area contributed by atoms with E-state index >= 15 is 0 Å². The summed E-state index contributed by atoms with van der Waals surface area (Å²) in [6, 6.07) is 7.82. The van der Waals surface area contributed by atoms with Gasteiger partial charge in [0.1, 0.15) is 0 Å². The molecule has 0 spiro atoms. The molecule has 5 heteroatoms. The highest BCUT2D eigenvalue weighted by atomic mass is 16.4. The van der Waals surface area contributed by atoms with Crippen LogP contribution >= 0.6 is 0 Å². The van der Waals surface area contributed by atoms with Gasteiger partial charge in [-0.05, 0) is 57.2 Å². The average Bonchev–Trinajstić information content (AvgIpc) is 2.55. The number of nitrogens with two attached hydrogens (primary N) is 1. The fourth-order valence-electron chi connectivity index (χ4n) is 2.40. The van der Waals surface area contributed by atoms with Gasteiger partial charge in [-0.2, -0.15) is 0 Å². The van der Waals surface area contributed by atoms with E-state index in [9.17, 15) is 0 Å². The van der Waals surface area contributed by atoms with Crippen molar-refractivity contribution >= 4 is 11.5 Å². The van der Waals surface area contributed by atoms with Gasteiger partial charge in [0.05, 0.1) is 0 Å². The maximum atomic E-state index is 8.68. The highest BCUT2D eigenvalue weighted by Crippen LogP contribution is 2.15. The molecule has 1 aromatic rings. The van der Waals surface area contributed by atoms with Crippen LogP contribution in [0.5, 0.6) is 0 Å². The van der Waals surface area contributed by atoms with E-state index in [1.54, 1.807) is 0 Å². The summed E-state index contributed by atoms with van der Waals surface area (Å²) in [6.45, 7) is 11.9. The Morgan fingerprint density at radius 3 is 2.14 bits per heavy atom. The Bertz CT molecular complexity index is 426. The Kier molecular flexibility index (Phi) is 7.61. The lowest BCUT2D eigenvalue weighted by Crippen LogP contribution is -2.30. The van der Waals surface area contributed by atoms with Gasteiger partial charge in [-0.25, -0.2) is 0 Å². The molecule has 0 saturated heterocycles. The predicted molar refractivity (Wildman–Crippen MR) is 89.2 cm³/mol. The minimum atomic E-state index is 0.145. The van der Waals surface area contributed by atoms with E-state index in [0.717, 1.165) is 44.7 Å². The number of benzene rings is 1. The molecule has 0 atom stereocenters. The molecule has 0 aliphatic rings. The van der Waals surface area contributed by atoms with Crippen LogP contribution in [0.3, 0.4) is 0 Å². The van der Waals surface area contributed by atoms with Gasteiger partial charge in [-0.15, -0.1) is 0 Å². The summed E-state index contributed by atoms with van der Waals surface area (Å²) in [7, 11) is 0. The van der Waals surface area contributed by atoms with Crippen LogP contribution in [0.15, 0.2) is 29.4 Å².